The van der Waals surface area contributed by atoms with Crippen LogP contribution in [-0.4, -0.2) is 59.2 Å². The number of rotatable bonds is 7. The average Bonchev–Trinajstić information content (AvgIpc) is 3.30. The maximum Gasteiger partial charge on any atom is 0.231 e. The lowest BCUT2D eigenvalue weighted by atomic mass is 9.98. The zero-order valence-electron chi connectivity index (χ0n) is 19.4. The predicted octanol–water partition coefficient (Wildman–Crippen LogP) is 3.05. The van der Waals surface area contributed by atoms with Gasteiger partial charge in [-0.1, -0.05) is 6.07 Å². The van der Waals surface area contributed by atoms with Crippen molar-refractivity contribution in [1.82, 2.24) is 15.1 Å². The molecule has 2 aliphatic rings. The number of aromatic nitrogens is 2. The Morgan fingerprint density at radius 1 is 1.03 bits per heavy atom. The number of carbonyl (C=O) groups is 2. The van der Waals surface area contributed by atoms with Gasteiger partial charge < -0.3 is 19.9 Å². The molecule has 2 aromatic carbocycles. The third-order valence-corrected chi connectivity index (χ3v) is 6.47. The van der Waals surface area contributed by atoms with Crippen molar-refractivity contribution in [2.24, 2.45) is 5.92 Å². The lowest BCUT2D eigenvalue weighted by Crippen LogP contribution is -2.52. The van der Waals surface area contributed by atoms with Gasteiger partial charge in [0.2, 0.25) is 11.8 Å². The molecule has 186 valence electrons. The van der Waals surface area contributed by atoms with Crippen LogP contribution < -0.4 is 15.0 Å². The molecule has 3 aromatic rings. The van der Waals surface area contributed by atoms with Gasteiger partial charge in [0.05, 0.1) is 37.0 Å². The van der Waals surface area contributed by atoms with E-state index in [1.807, 2.05) is 6.07 Å². The largest absolute Gasteiger partial charge is 0.489 e. The van der Waals surface area contributed by atoms with Crippen LogP contribution in [0.2, 0.25) is 0 Å². The Morgan fingerprint density at radius 3 is 2.56 bits per heavy atom. The zero-order chi connectivity index (χ0) is 25.1. The lowest BCUT2D eigenvalue weighted by molar-refractivity contribution is -0.129. The maximum atomic E-state index is 13.9. The van der Waals surface area contributed by atoms with E-state index < -0.39 is 11.6 Å². The molecule has 5 rings (SSSR count). The molecule has 2 fully saturated rings. The number of amides is 2. The summed E-state index contributed by atoms with van der Waals surface area (Å²) < 4.78 is 32.9. The van der Waals surface area contributed by atoms with Crippen LogP contribution >= 0.6 is 0 Å². The summed E-state index contributed by atoms with van der Waals surface area (Å²) in [5.74, 6) is -1.11. The Labute approximate surface area is 206 Å². The quantitative estimate of drug-likeness (QED) is 0.545. The lowest BCUT2D eigenvalue weighted by Gasteiger charge is -2.39. The number of anilines is 2. The van der Waals surface area contributed by atoms with Crippen molar-refractivity contribution in [3.8, 4) is 5.75 Å². The summed E-state index contributed by atoms with van der Waals surface area (Å²) in [5, 5.41) is 10.6. The second kappa shape index (κ2) is 10.3. The number of halogens is 2. The SMILES string of the molecule is O=C(Nc1ccc(O[C@@H]2CCN(C(=O)Cc3ccc(F)cc3F)C2)cc1)C1CN(c2ccnnc2)C1. The monoisotopic (exact) mass is 493 g/mol. The minimum absolute atomic E-state index is 0.0375. The number of likely N-dealkylation sites (tertiary alicyclic amines) is 1. The van der Waals surface area contributed by atoms with Gasteiger partial charge >= 0.3 is 0 Å². The predicted molar refractivity (Wildman–Crippen MR) is 128 cm³/mol. The molecule has 10 heteroatoms. The summed E-state index contributed by atoms with van der Waals surface area (Å²) in [6.45, 7) is 2.16. The van der Waals surface area contributed by atoms with Gasteiger partial charge in [-0.3, -0.25) is 9.59 Å². The highest BCUT2D eigenvalue weighted by molar-refractivity contribution is 5.94. The topological polar surface area (TPSA) is 87.7 Å². The fraction of sp³-hybridized carbons (Fsp3) is 0.308. The number of nitrogens with one attached hydrogen (secondary N) is 1. The third kappa shape index (κ3) is 5.42. The van der Waals surface area contributed by atoms with Crippen LogP contribution in [0.1, 0.15) is 12.0 Å². The number of benzene rings is 2. The molecule has 0 spiro atoms. The van der Waals surface area contributed by atoms with Crippen molar-refractivity contribution in [2.45, 2.75) is 18.9 Å². The van der Waals surface area contributed by atoms with E-state index in [1.165, 1.54) is 6.07 Å². The summed E-state index contributed by atoms with van der Waals surface area (Å²) in [6.07, 6.45) is 3.66. The number of carbonyl (C=O) groups excluding carboxylic acids is 2. The highest BCUT2D eigenvalue weighted by atomic mass is 19.1. The highest BCUT2D eigenvalue weighted by Gasteiger charge is 2.33. The van der Waals surface area contributed by atoms with Gasteiger partial charge in [0.25, 0.3) is 0 Å². The zero-order valence-corrected chi connectivity index (χ0v) is 19.4. The molecule has 1 N–H and O–H groups in total. The first-order valence-electron chi connectivity index (χ1n) is 11.8. The van der Waals surface area contributed by atoms with Crippen molar-refractivity contribution in [3.63, 3.8) is 0 Å². The summed E-state index contributed by atoms with van der Waals surface area (Å²) >= 11 is 0. The molecule has 2 amide bonds. The van der Waals surface area contributed by atoms with Gasteiger partial charge in [0.15, 0.2) is 0 Å². The fourth-order valence-electron chi connectivity index (χ4n) is 4.37. The van der Waals surface area contributed by atoms with Crippen molar-refractivity contribution >= 4 is 23.2 Å². The Bertz CT molecular complexity index is 1240. The Balaban J connectivity index is 1.07. The van der Waals surface area contributed by atoms with Crippen LogP contribution in [0, 0.1) is 17.6 Å². The molecule has 0 bridgehead atoms. The minimum Gasteiger partial charge on any atom is -0.489 e. The first-order valence-corrected chi connectivity index (χ1v) is 11.8. The number of hydrogen-bond acceptors (Lipinski definition) is 6. The number of hydrogen-bond donors (Lipinski definition) is 1. The van der Waals surface area contributed by atoms with Crippen LogP contribution in [0.25, 0.3) is 0 Å². The van der Waals surface area contributed by atoms with E-state index in [9.17, 15) is 18.4 Å². The molecule has 8 nitrogen and oxygen atoms in total. The second-order valence-electron chi connectivity index (χ2n) is 9.00. The fourth-order valence-corrected chi connectivity index (χ4v) is 4.37. The highest BCUT2D eigenvalue weighted by Crippen LogP contribution is 2.26. The van der Waals surface area contributed by atoms with Crippen LogP contribution in [0.15, 0.2) is 60.9 Å². The Kier molecular flexibility index (Phi) is 6.75. The third-order valence-electron chi connectivity index (χ3n) is 6.47. The van der Waals surface area contributed by atoms with Crippen LogP contribution in [0.3, 0.4) is 0 Å². The van der Waals surface area contributed by atoms with E-state index in [4.69, 9.17) is 4.74 Å². The molecule has 1 aromatic heterocycles. The number of nitrogens with zero attached hydrogens (tertiary/aromatic N) is 4. The molecule has 2 aliphatic heterocycles. The maximum absolute atomic E-state index is 13.9. The summed E-state index contributed by atoms with van der Waals surface area (Å²) in [5.41, 5.74) is 1.80. The van der Waals surface area contributed by atoms with E-state index in [0.717, 1.165) is 17.8 Å². The standard InChI is InChI=1S/C26H25F2N5O3/c27-19-2-1-17(24(28)12-19)11-25(34)32-10-8-23(16-32)36-22-5-3-20(4-6-22)31-26(35)18-14-33(15-18)21-7-9-29-30-13-21/h1-7,9,12-13,18,23H,8,10-11,14-16H2,(H,31,35)/t23-/m1/s1. The van der Waals surface area contributed by atoms with Crippen molar-refractivity contribution in [1.29, 1.82) is 0 Å². The molecule has 0 aliphatic carbocycles. The van der Waals surface area contributed by atoms with Crippen LogP contribution in [0.4, 0.5) is 20.2 Å². The Morgan fingerprint density at radius 2 is 1.83 bits per heavy atom. The van der Waals surface area contributed by atoms with E-state index in [1.54, 1.807) is 41.6 Å². The molecule has 0 unspecified atom stereocenters. The van der Waals surface area contributed by atoms with E-state index in [-0.39, 0.29) is 35.8 Å². The molecular weight excluding hydrogens is 468 g/mol. The normalized spacial score (nSPS) is 17.6. The van der Waals surface area contributed by atoms with E-state index >= 15 is 0 Å². The van der Waals surface area contributed by atoms with Gasteiger partial charge in [0.1, 0.15) is 23.5 Å². The van der Waals surface area contributed by atoms with Gasteiger partial charge in [-0.25, -0.2) is 8.78 Å². The molecule has 36 heavy (non-hydrogen) atoms. The van der Waals surface area contributed by atoms with Crippen molar-refractivity contribution in [3.05, 3.63) is 78.1 Å². The molecule has 1 atom stereocenters. The minimum atomic E-state index is -0.719. The summed E-state index contributed by atoms with van der Waals surface area (Å²) in [6, 6.07) is 12.2. The second-order valence-corrected chi connectivity index (χ2v) is 9.00. The van der Waals surface area contributed by atoms with E-state index in [2.05, 4.69) is 20.4 Å². The molecular formula is C26H25F2N5O3. The van der Waals surface area contributed by atoms with Crippen LogP contribution in [-0.2, 0) is 16.0 Å². The van der Waals surface area contributed by atoms with Crippen LogP contribution in [0.5, 0.6) is 5.75 Å². The van der Waals surface area contributed by atoms with Gasteiger partial charge in [-0.2, -0.15) is 10.2 Å². The van der Waals surface area contributed by atoms with Gasteiger partial charge in [-0.15, -0.1) is 0 Å². The van der Waals surface area contributed by atoms with Gasteiger partial charge in [-0.05, 0) is 42.0 Å². The summed E-state index contributed by atoms with van der Waals surface area (Å²) in [7, 11) is 0. The first-order chi connectivity index (χ1) is 17.4. The molecule has 0 radical (unpaired) electrons. The van der Waals surface area contributed by atoms with Crippen molar-refractivity contribution in [2.75, 3.05) is 36.4 Å². The first kappa shape index (κ1) is 23.7. The van der Waals surface area contributed by atoms with E-state index in [0.29, 0.717) is 44.0 Å². The Hall–Kier alpha value is -4.08. The average molecular weight is 494 g/mol. The van der Waals surface area contributed by atoms with Gasteiger partial charge in [0, 0.05) is 37.8 Å². The van der Waals surface area contributed by atoms with Crippen molar-refractivity contribution < 1.29 is 23.1 Å². The smallest absolute Gasteiger partial charge is 0.231 e. The molecule has 0 saturated carbocycles. The molecule has 3 heterocycles. The number of ether oxygens (including phenoxy) is 1. The summed E-state index contributed by atoms with van der Waals surface area (Å²) in [4.78, 5) is 28.8. The molecule has 2 saturated heterocycles.